The Kier molecular flexibility index (Phi) is 2.79. The van der Waals surface area contributed by atoms with Crippen molar-refractivity contribution in [2.75, 3.05) is 24.6 Å². The normalized spacial score (nSPS) is 17.6. The van der Waals surface area contributed by atoms with Crippen LogP contribution in [0, 0.1) is 0 Å². The maximum Gasteiger partial charge on any atom is 0.130 e. The van der Waals surface area contributed by atoms with Crippen molar-refractivity contribution in [1.29, 1.82) is 0 Å². The van der Waals surface area contributed by atoms with Gasteiger partial charge in [-0.1, -0.05) is 6.07 Å². The molecule has 1 aromatic carbocycles. The van der Waals surface area contributed by atoms with Crippen LogP contribution in [0.1, 0.15) is 31.0 Å². The Balaban J connectivity index is 2.09. The summed E-state index contributed by atoms with van der Waals surface area (Å²) in [6, 6.07) is 6.27. The SMILES string of the molecule is CCN1CCOc2cccc3nc4c(c1c23)CCCC4. The molecule has 3 heteroatoms. The van der Waals surface area contributed by atoms with Gasteiger partial charge in [-0.2, -0.15) is 0 Å². The van der Waals surface area contributed by atoms with Gasteiger partial charge in [0.25, 0.3) is 0 Å². The second kappa shape index (κ2) is 4.65. The molecule has 0 bridgehead atoms. The highest BCUT2D eigenvalue weighted by atomic mass is 16.5. The number of nitrogens with zero attached hydrogens (tertiary/aromatic N) is 2. The molecule has 2 aromatic rings. The highest BCUT2D eigenvalue weighted by molar-refractivity contribution is 5.99. The monoisotopic (exact) mass is 268 g/mol. The fourth-order valence-electron chi connectivity index (χ4n) is 3.58. The summed E-state index contributed by atoms with van der Waals surface area (Å²) in [5.74, 6) is 1.01. The van der Waals surface area contributed by atoms with Crippen LogP contribution in [0.5, 0.6) is 5.75 Å². The Morgan fingerprint density at radius 2 is 2.15 bits per heavy atom. The lowest BCUT2D eigenvalue weighted by atomic mass is 9.92. The number of benzene rings is 1. The number of anilines is 1. The summed E-state index contributed by atoms with van der Waals surface area (Å²) < 4.78 is 5.96. The van der Waals surface area contributed by atoms with Crippen LogP contribution in [-0.2, 0) is 12.8 Å². The molecule has 104 valence electrons. The van der Waals surface area contributed by atoms with Crippen molar-refractivity contribution < 1.29 is 4.74 Å². The van der Waals surface area contributed by atoms with Crippen LogP contribution >= 0.6 is 0 Å². The summed E-state index contributed by atoms with van der Waals surface area (Å²) in [6.45, 7) is 4.99. The minimum absolute atomic E-state index is 0.760. The zero-order chi connectivity index (χ0) is 13.5. The predicted molar refractivity (Wildman–Crippen MR) is 81.8 cm³/mol. The van der Waals surface area contributed by atoms with Gasteiger partial charge in [0.15, 0.2) is 0 Å². The number of aryl methyl sites for hydroxylation is 1. The van der Waals surface area contributed by atoms with Crippen LogP contribution < -0.4 is 9.64 Å². The van der Waals surface area contributed by atoms with Crippen molar-refractivity contribution in [2.45, 2.75) is 32.6 Å². The molecule has 4 rings (SSSR count). The molecule has 1 aromatic heterocycles. The van der Waals surface area contributed by atoms with Crippen LogP contribution in [-0.4, -0.2) is 24.7 Å². The van der Waals surface area contributed by atoms with E-state index in [0.29, 0.717) is 0 Å². The molecule has 0 amide bonds. The highest BCUT2D eigenvalue weighted by Gasteiger charge is 2.25. The van der Waals surface area contributed by atoms with Gasteiger partial charge in [-0.15, -0.1) is 0 Å². The summed E-state index contributed by atoms with van der Waals surface area (Å²) >= 11 is 0. The molecule has 0 radical (unpaired) electrons. The van der Waals surface area contributed by atoms with Gasteiger partial charge in [0.2, 0.25) is 0 Å². The molecule has 0 saturated heterocycles. The van der Waals surface area contributed by atoms with E-state index in [2.05, 4.69) is 30.0 Å². The van der Waals surface area contributed by atoms with Crippen molar-refractivity contribution in [3.8, 4) is 5.75 Å². The number of likely N-dealkylation sites (N-methyl/N-ethyl adjacent to an activating group) is 1. The lowest BCUT2D eigenvalue weighted by Gasteiger charge is -2.28. The molecule has 0 N–H and O–H groups in total. The Bertz CT molecular complexity index is 666. The Morgan fingerprint density at radius 1 is 1.25 bits per heavy atom. The van der Waals surface area contributed by atoms with Gasteiger partial charge in [0, 0.05) is 12.2 Å². The van der Waals surface area contributed by atoms with E-state index in [-0.39, 0.29) is 0 Å². The third kappa shape index (κ3) is 1.69. The largest absolute Gasteiger partial charge is 0.491 e. The second-order valence-corrected chi connectivity index (χ2v) is 5.67. The van der Waals surface area contributed by atoms with E-state index < -0.39 is 0 Å². The standard InChI is InChI=1S/C17H20N2O/c1-2-19-10-11-20-15-9-5-8-14-16(15)17(19)12-6-3-4-7-13(12)18-14/h5,8-9H,2-4,6-7,10-11H2,1H3. The molecule has 2 aliphatic rings. The van der Waals surface area contributed by atoms with E-state index in [1.165, 1.54) is 41.6 Å². The summed E-state index contributed by atoms with van der Waals surface area (Å²) in [5.41, 5.74) is 5.29. The number of hydrogen-bond acceptors (Lipinski definition) is 3. The van der Waals surface area contributed by atoms with Gasteiger partial charge in [0.05, 0.1) is 23.1 Å². The van der Waals surface area contributed by atoms with Crippen LogP contribution in [0.3, 0.4) is 0 Å². The van der Waals surface area contributed by atoms with Crippen molar-refractivity contribution in [3.63, 3.8) is 0 Å². The number of fused-ring (bicyclic) bond motifs is 2. The molecule has 2 heterocycles. The quantitative estimate of drug-likeness (QED) is 0.793. The number of hydrogen-bond donors (Lipinski definition) is 0. The van der Waals surface area contributed by atoms with Crippen LogP contribution in [0.4, 0.5) is 5.69 Å². The van der Waals surface area contributed by atoms with Crippen LogP contribution in [0.2, 0.25) is 0 Å². The van der Waals surface area contributed by atoms with E-state index in [1.54, 1.807) is 0 Å². The number of aromatic nitrogens is 1. The van der Waals surface area contributed by atoms with Crippen molar-refractivity contribution in [3.05, 3.63) is 29.5 Å². The van der Waals surface area contributed by atoms with Gasteiger partial charge in [-0.05, 0) is 50.3 Å². The van der Waals surface area contributed by atoms with Crippen molar-refractivity contribution >= 4 is 16.6 Å². The van der Waals surface area contributed by atoms with E-state index in [1.807, 2.05) is 0 Å². The fourth-order valence-corrected chi connectivity index (χ4v) is 3.58. The first-order chi connectivity index (χ1) is 9.88. The molecule has 0 fully saturated rings. The van der Waals surface area contributed by atoms with Gasteiger partial charge >= 0.3 is 0 Å². The molecule has 1 aliphatic carbocycles. The van der Waals surface area contributed by atoms with E-state index >= 15 is 0 Å². The predicted octanol–water partition coefficient (Wildman–Crippen LogP) is 3.33. The first-order valence-corrected chi connectivity index (χ1v) is 7.70. The Morgan fingerprint density at radius 3 is 3.05 bits per heavy atom. The lowest BCUT2D eigenvalue weighted by molar-refractivity contribution is 0.332. The molecular formula is C17H20N2O. The molecule has 0 unspecified atom stereocenters. The van der Waals surface area contributed by atoms with Gasteiger partial charge in [0.1, 0.15) is 12.4 Å². The Labute approximate surface area is 119 Å². The van der Waals surface area contributed by atoms with E-state index in [9.17, 15) is 0 Å². The summed E-state index contributed by atoms with van der Waals surface area (Å²) in [7, 11) is 0. The fraction of sp³-hybridized carbons (Fsp3) is 0.471. The zero-order valence-corrected chi connectivity index (χ0v) is 12.0. The maximum absolute atomic E-state index is 5.96. The van der Waals surface area contributed by atoms with E-state index in [0.717, 1.165) is 37.4 Å². The average Bonchev–Trinajstić information content (AvgIpc) is 2.68. The molecular weight excluding hydrogens is 248 g/mol. The van der Waals surface area contributed by atoms with E-state index in [4.69, 9.17) is 9.72 Å². The molecule has 20 heavy (non-hydrogen) atoms. The van der Waals surface area contributed by atoms with Crippen LogP contribution in [0.25, 0.3) is 10.9 Å². The third-order valence-corrected chi connectivity index (χ3v) is 4.54. The second-order valence-electron chi connectivity index (χ2n) is 5.67. The van der Waals surface area contributed by atoms with Gasteiger partial charge < -0.3 is 9.64 Å². The molecule has 0 saturated carbocycles. The topological polar surface area (TPSA) is 25.4 Å². The molecule has 1 aliphatic heterocycles. The summed E-state index contributed by atoms with van der Waals surface area (Å²) in [5, 5.41) is 1.23. The minimum Gasteiger partial charge on any atom is -0.491 e. The number of pyridine rings is 1. The molecule has 3 nitrogen and oxygen atoms in total. The summed E-state index contributed by atoms with van der Waals surface area (Å²) in [4.78, 5) is 7.40. The minimum atomic E-state index is 0.760. The molecule has 0 atom stereocenters. The van der Waals surface area contributed by atoms with Crippen LogP contribution in [0.15, 0.2) is 18.2 Å². The number of rotatable bonds is 1. The van der Waals surface area contributed by atoms with Crippen molar-refractivity contribution in [1.82, 2.24) is 4.98 Å². The maximum atomic E-state index is 5.96. The van der Waals surface area contributed by atoms with Crippen molar-refractivity contribution in [2.24, 2.45) is 0 Å². The Hall–Kier alpha value is -1.77. The van der Waals surface area contributed by atoms with Gasteiger partial charge in [-0.25, -0.2) is 0 Å². The first-order valence-electron chi connectivity index (χ1n) is 7.70. The zero-order valence-electron chi connectivity index (χ0n) is 12.0. The van der Waals surface area contributed by atoms with Gasteiger partial charge in [-0.3, -0.25) is 4.98 Å². The average molecular weight is 268 g/mol. The lowest BCUT2D eigenvalue weighted by Crippen LogP contribution is -2.28. The smallest absolute Gasteiger partial charge is 0.130 e. The third-order valence-electron chi connectivity index (χ3n) is 4.54. The first kappa shape index (κ1) is 12.0. The molecule has 0 spiro atoms. The summed E-state index contributed by atoms with van der Waals surface area (Å²) in [6.07, 6.45) is 4.85. The number of ether oxygens (including phenoxy) is 1. The highest BCUT2D eigenvalue weighted by Crippen LogP contribution is 2.41.